The summed E-state index contributed by atoms with van der Waals surface area (Å²) in [6.45, 7) is 0.939. The molecule has 20 heavy (non-hydrogen) atoms. The average Bonchev–Trinajstić information content (AvgIpc) is 2.86. The van der Waals surface area contributed by atoms with Crippen LogP contribution in [0.15, 0.2) is 24.3 Å². The van der Waals surface area contributed by atoms with Crippen molar-refractivity contribution >= 4 is 11.9 Å². The van der Waals surface area contributed by atoms with Gasteiger partial charge in [-0.3, -0.25) is 4.79 Å². The molecule has 6 heteroatoms. The third-order valence-corrected chi connectivity index (χ3v) is 3.34. The summed E-state index contributed by atoms with van der Waals surface area (Å²) in [7, 11) is 0. The Balaban J connectivity index is 1.75. The van der Waals surface area contributed by atoms with Crippen molar-refractivity contribution in [3.05, 3.63) is 35.4 Å². The molecule has 1 aliphatic rings. The molecule has 1 aliphatic heterocycles. The third kappa shape index (κ3) is 3.79. The van der Waals surface area contributed by atoms with E-state index in [0.717, 1.165) is 5.56 Å². The standard InChI is InChI=1S/C14H18N2O4/c17-11-7-12(16-8-11)13(18)15-6-5-9-1-3-10(4-2-9)14(19)20/h1-4,11-12,16-17H,5-8H2,(H,15,18)(H,19,20). The molecule has 1 aromatic carbocycles. The molecule has 0 radical (unpaired) electrons. The first kappa shape index (κ1) is 14.5. The largest absolute Gasteiger partial charge is 0.478 e. The van der Waals surface area contributed by atoms with Gasteiger partial charge in [0, 0.05) is 13.1 Å². The zero-order valence-electron chi connectivity index (χ0n) is 11.0. The number of hydrogen-bond donors (Lipinski definition) is 4. The van der Waals surface area contributed by atoms with Crippen molar-refractivity contribution in [2.75, 3.05) is 13.1 Å². The summed E-state index contributed by atoms with van der Waals surface area (Å²) in [6.07, 6.45) is 0.634. The van der Waals surface area contributed by atoms with Gasteiger partial charge < -0.3 is 20.8 Å². The van der Waals surface area contributed by atoms with Gasteiger partial charge in [0.25, 0.3) is 0 Å². The molecule has 6 nitrogen and oxygen atoms in total. The number of aliphatic hydroxyl groups is 1. The molecule has 1 amide bonds. The van der Waals surface area contributed by atoms with E-state index >= 15 is 0 Å². The van der Waals surface area contributed by atoms with Gasteiger partial charge >= 0.3 is 5.97 Å². The van der Waals surface area contributed by atoms with Crippen LogP contribution in [0, 0.1) is 0 Å². The van der Waals surface area contributed by atoms with Gasteiger partial charge in [-0.15, -0.1) is 0 Å². The van der Waals surface area contributed by atoms with Crippen LogP contribution in [0.3, 0.4) is 0 Å². The zero-order valence-corrected chi connectivity index (χ0v) is 11.0. The molecule has 0 aliphatic carbocycles. The molecule has 1 fully saturated rings. The van der Waals surface area contributed by atoms with Crippen LogP contribution in [0.25, 0.3) is 0 Å². The first-order valence-electron chi connectivity index (χ1n) is 6.57. The minimum absolute atomic E-state index is 0.108. The Kier molecular flexibility index (Phi) is 4.70. The number of β-amino-alcohol motifs (C(OH)–C–C–N with tert-alkyl or cyclic N) is 1. The van der Waals surface area contributed by atoms with Crippen molar-refractivity contribution in [2.24, 2.45) is 0 Å². The number of benzene rings is 1. The smallest absolute Gasteiger partial charge is 0.335 e. The number of nitrogens with one attached hydrogen (secondary N) is 2. The lowest BCUT2D eigenvalue weighted by molar-refractivity contribution is -0.122. The molecular formula is C14H18N2O4. The topological polar surface area (TPSA) is 98.7 Å². The molecule has 2 atom stereocenters. The number of rotatable bonds is 5. The number of carboxylic acid groups (broad SMARTS) is 1. The van der Waals surface area contributed by atoms with Gasteiger partial charge in [0.2, 0.25) is 5.91 Å². The van der Waals surface area contributed by atoms with E-state index in [4.69, 9.17) is 5.11 Å². The first-order chi connectivity index (χ1) is 9.56. The molecule has 0 aromatic heterocycles. The number of carbonyl (C=O) groups is 2. The monoisotopic (exact) mass is 278 g/mol. The Labute approximate surface area is 116 Å². The second-order valence-electron chi connectivity index (χ2n) is 4.89. The maximum atomic E-state index is 11.8. The minimum atomic E-state index is -0.948. The van der Waals surface area contributed by atoms with Crippen LogP contribution in [-0.2, 0) is 11.2 Å². The number of carboxylic acids is 1. The fourth-order valence-corrected chi connectivity index (χ4v) is 2.18. The highest BCUT2D eigenvalue weighted by atomic mass is 16.4. The summed E-state index contributed by atoms with van der Waals surface area (Å²) in [5, 5.41) is 23.9. The van der Waals surface area contributed by atoms with Gasteiger partial charge in [-0.1, -0.05) is 12.1 Å². The molecule has 0 saturated carbocycles. The summed E-state index contributed by atoms with van der Waals surface area (Å²) >= 11 is 0. The van der Waals surface area contributed by atoms with E-state index in [0.29, 0.717) is 25.9 Å². The Morgan fingerprint density at radius 1 is 1.30 bits per heavy atom. The van der Waals surface area contributed by atoms with Crippen LogP contribution in [0.5, 0.6) is 0 Å². The van der Waals surface area contributed by atoms with Crippen molar-refractivity contribution in [3.8, 4) is 0 Å². The molecule has 1 heterocycles. The molecule has 108 valence electrons. The van der Waals surface area contributed by atoms with Crippen LogP contribution in [0.1, 0.15) is 22.3 Å². The van der Waals surface area contributed by atoms with Crippen LogP contribution in [-0.4, -0.2) is 47.3 Å². The lowest BCUT2D eigenvalue weighted by Gasteiger charge is -2.11. The van der Waals surface area contributed by atoms with E-state index in [9.17, 15) is 14.7 Å². The lowest BCUT2D eigenvalue weighted by Crippen LogP contribution is -2.41. The summed E-state index contributed by atoms with van der Waals surface area (Å²) in [5.74, 6) is -1.06. The van der Waals surface area contributed by atoms with E-state index in [1.165, 1.54) is 0 Å². The first-order valence-corrected chi connectivity index (χ1v) is 6.57. The maximum absolute atomic E-state index is 11.8. The van der Waals surface area contributed by atoms with Gasteiger partial charge in [0.05, 0.1) is 17.7 Å². The van der Waals surface area contributed by atoms with Crippen molar-refractivity contribution in [2.45, 2.75) is 25.0 Å². The van der Waals surface area contributed by atoms with E-state index < -0.39 is 12.1 Å². The second kappa shape index (κ2) is 6.49. The highest BCUT2D eigenvalue weighted by molar-refractivity contribution is 5.87. The number of carbonyl (C=O) groups excluding carboxylic acids is 1. The van der Waals surface area contributed by atoms with Crippen molar-refractivity contribution < 1.29 is 19.8 Å². The highest BCUT2D eigenvalue weighted by Crippen LogP contribution is 2.07. The Morgan fingerprint density at radius 3 is 2.55 bits per heavy atom. The SMILES string of the molecule is O=C(O)c1ccc(CCNC(=O)C2CC(O)CN2)cc1. The molecule has 1 saturated heterocycles. The van der Waals surface area contributed by atoms with Gasteiger partial charge in [-0.25, -0.2) is 4.79 Å². The molecule has 0 bridgehead atoms. The second-order valence-corrected chi connectivity index (χ2v) is 4.89. The molecule has 2 rings (SSSR count). The Bertz CT molecular complexity index is 486. The zero-order chi connectivity index (χ0) is 14.5. The number of amides is 1. The normalized spacial score (nSPS) is 21.6. The number of aliphatic hydroxyl groups excluding tert-OH is 1. The quantitative estimate of drug-likeness (QED) is 0.596. The molecule has 2 unspecified atom stereocenters. The molecule has 4 N–H and O–H groups in total. The Hall–Kier alpha value is -1.92. The van der Waals surface area contributed by atoms with Crippen molar-refractivity contribution in [1.29, 1.82) is 0 Å². The van der Waals surface area contributed by atoms with E-state index in [1.54, 1.807) is 24.3 Å². The van der Waals surface area contributed by atoms with E-state index in [1.807, 2.05) is 0 Å². The Morgan fingerprint density at radius 2 is 2.00 bits per heavy atom. The van der Waals surface area contributed by atoms with Crippen LogP contribution in [0.4, 0.5) is 0 Å². The van der Waals surface area contributed by atoms with Gasteiger partial charge in [0.1, 0.15) is 0 Å². The van der Waals surface area contributed by atoms with Gasteiger partial charge in [0.15, 0.2) is 0 Å². The molecular weight excluding hydrogens is 260 g/mol. The van der Waals surface area contributed by atoms with Crippen LogP contribution in [0.2, 0.25) is 0 Å². The fourth-order valence-electron chi connectivity index (χ4n) is 2.18. The van der Waals surface area contributed by atoms with Crippen LogP contribution >= 0.6 is 0 Å². The third-order valence-electron chi connectivity index (χ3n) is 3.34. The fraction of sp³-hybridized carbons (Fsp3) is 0.429. The maximum Gasteiger partial charge on any atom is 0.335 e. The predicted molar refractivity (Wildman–Crippen MR) is 72.5 cm³/mol. The van der Waals surface area contributed by atoms with Gasteiger partial charge in [-0.05, 0) is 30.5 Å². The molecule has 0 spiro atoms. The molecule has 1 aromatic rings. The minimum Gasteiger partial charge on any atom is -0.478 e. The van der Waals surface area contributed by atoms with Gasteiger partial charge in [-0.2, -0.15) is 0 Å². The number of hydrogen-bond acceptors (Lipinski definition) is 4. The van der Waals surface area contributed by atoms with E-state index in [-0.39, 0.29) is 17.5 Å². The summed E-state index contributed by atoms with van der Waals surface area (Å²) in [5.41, 5.74) is 1.22. The van der Waals surface area contributed by atoms with Crippen molar-refractivity contribution in [3.63, 3.8) is 0 Å². The van der Waals surface area contributed by atoms with E-state index in [2.05, 4.69) is 10.6 Å². The van der Waals surface area contributed by atoms with Crippen molar-refractivity contribution in [1.82, 2.24) is 10.6 Å². The highest BCUT2D eigenvalue weighted by Gasteiger charge is 2.27. The summed E-state index contributed by atoms with van der Waals surface area (Å²) in [4.78, 5) is 22.5. The summed E-state index contributed by atoms with van der Waals surface area (Å²) in [6, 6.07) is 6.27. The average molecular weight is 278 g/mol. The predicted octanol–water partition coefficient (Wildman–Crippen LogP) is -0.234. The number of aromatic carboxylic acids is 1. The van der Waals surface area contributed by atoms with Crippen LogP contribution < -0.4 is 10.6 Å². The lowest BCUT2D eigenvalue weighted by atomic mass is 10.1. The summed E-state index contributed by atoms with van der Waals surface area (Å²) < 4.78 is 0.